The van der Waals surface area contributed by atoms with Gasteiger partial charge in [0.2, 0.25) is 0 Å². The number of hydrogen-bond donors (Lipinski definition) is 1. The molecular weight excluding hydrogens is 370 g/mol. The topological polar surface area (TPSA) is 18.5 Å². The van der Waals surface area contributed by atoms with E-state index in [-0.39, 0.29) is 0 Å². The second kappa shape index (κ2) is 8.31. The molecule has 3 nitrogen and oxygen atoms in total. The molecule has 0 aromatic heterocycles. The number of halogens is 1. The molecule has 2 aromatic carbocycles. The summed E-state index contributed by atoms with van der Waals surface area (Å²) in [6.07, 6.45) is 0. The molecule has 0 atom stereocenters. The highest BCUT2D eigenvalue weighted by Crippen LogP contribution is 2.17. The van der Waals surface area contributed by atoms with Crippen LogP contribution in [0.1, 0.15) is 12.5 Å². The van der Waals surface area contributed by atoms with Crippen molar-refractivity contribution in [1.82, 2.24) is 4.90 Å². The number of anilines is 2. The van der Waals surface area contributed by atoms with Gasteiger partial charge in [0.25, 0.3) is 0 Å². The zero-order valence-corrected chi connectivity index (χ0v) is 16.1. The molecule has 122 valence electrons. The maximum absolute atomic E-state index is 5.56. The molecule has 0 amide bonds. The van der Waals surface area contributed by atoms with Gasteiger partial charge in [-0.1, -0.05) is 34.1 Å². The summed E-state index contributed by atoms with van der Waals surface area (Å²) in [5, 5.41) is 4.04. The van der Waals surface area contributed by atoms with Crippen LogP contribution in [0.2, 0.25) is 0 Å². The lowest BCUT2D eigenvalue weighted by molar-refractivity contribution is 0.442. The van der Waals surface area contributed by atoms with E-state index in [2.05, 4.69) is 62.2 Å². The van der Waals surface area contributed by atoms with E-state index in [4.69, 9.17) is 12.2 Å². The Kier molecular flexibility index (Phi) is 6.42. The van der Waals surface area contributed by atoms with Gasteiger partial charge in [-0.15, -0.1) is 0 Å². The first-order valence-corrected chi connectivity index (χ1v) is 8.77. The third-order valence-corrected chi connectivity index (χ3v) is 4.42. The summed E-state index contributed by atoms with van der Waals surface area (Å²) >= 11 is 9.04. The van der Waals surface area contributed by atoms with Gasteiger partial charge in [0.15, 0.2) is 5.11 Å². The Morgan fingerprint density at radius 2 is 1.83 bits per heavy atom. The Morgan fingerprint density at radius 3 is 2.39 bits per heavy atom. The van der Waals surface area contributed by atoms with Crippen molar-refractivity contribution in [3.8, 4) is 0 Å². The molecule has 0 aliphatic heterocycles. The number of thiocarbonyl (C=S) groups is 1. The van der Waals surface area contributed by atoms with Gasteiger partial charge in [-0.2, -0.15) is 0 Å². The normalized spacial score (nSPS) is 10.3. The second-order valence-corrected chi connectivity index (χ2v) is 6.82. The van der Waals surface area contributed by atoms with E-state index < -0.39 is 0 Å². The molecule has 23 heavy (non-hydrogen) atoms. The molecule has 0 spiro atoms. The van der Waals surface area contributed by atoms with Gasteiger partial charge < -0.3 is 15.1 Å². The fraction of sp³-hybridized carbons (Fsp3) is 0.278. The third kappa shape index (κ3) is 5.22. The summed E-state index contributed by atoms with van der Waals surface area (Å²) in [5.74, 6) is 0. The molecule has 0 saturated heterocycles. The summed E-state index contributed by atoms with van der Waals surface area (Å²) in [4.78, 5) is 4.25. The second-order valence-electron chi connectivity index (χ2n) is 5.52. The van der Waals surface area contributed by atoms with Crippen LogP contribution in [0.25, 0.3) is 0 Å². The summed E-state index contributed by atoms with van der Waals surface area (Å²) in [7, 11) is 4.09. The van der Waals surface area contributed by atoms with Crippen LogP contribution >= 0.6 is 28.1 Å². The van der Waals surface area contributed by atoms with Crippen LogP contribution in [-0.4, -0.2) is 30.7 Å². The van der Waals surface area contributed by atoms with Crippen molar-refractivity contribution in [1.29, 1.82) is 0 Å². The monoisotopic (exact) mass is 391 g/mol. The van der Waals surface area contributed by atoms with Crippen molar-refractivity contribution in [2.45, 2.75) is 13.5 Å². The standard InChI is InChI=1S/C18H22BrN3S/c1-4-22(13-14-8-10-17(11-9-14)21(2)3)18(23)20-16-7-5-6-15(19)12-16/h5-12H,4,13H2,1-3H3,(H,20,23). The van der Waals surface area contributed by atoms with E-state index in [1.54, 1.807) is 0 Å². The van der Waals surface area contributed by atoms with Crippen LogP contribution in [0.15, 0.2) is 53.0 Å². The third-order valence-electron chi connectivity index (χ3n) is 3.57. The first-order chi connectivity index (χ1) is 11.0. The van der Waals surface area contributed by atoms with Crippen LogP contribution in [0.5, 0.6) is 0 Å². The Balaban J connectivity index is 2.02. The lowest BCUT2D eigenvalue weighted by Crippen LogP contribution is -2.34. The molecule has 0 heterocycles. The van der Waals surface area contributed by atoms with Gasteiger partial charge >= 0.3 is 0 Å². The fourth-order valence-corrected chi connectivity index (χ4v) is 2.93. The van der Waals surface area contributed by atoms with Gasteiger partial charge in [0, 0.05) is 43.0 Å². The maximum atomic E-state index is 5.56. The zero-order chi connectivity index (χ0) is 16.8. The molecule has 0 aliphatic carbocycles. The average Bonchev–Trinajstić information content (AvgIpc) is 2.53. The average molecular weight is 392 g/mol. The van der Waals surface area contributed by atoms with Gasteiger partial charge in [0.05, 0.1) is 0 Å². The quantitative estimate of drug-likeness (QED) is 0.741. The highest BCUT2D eigenvalue weighted by Gasteiger charge is 2.09. The smallest absolute Gasteiger partial charge is 0.173 e. The predicted molar refractivity (Wildman–Crippen MR) is 107 cm³/mol. The summed E-state index contributed by atoms with van der Waals surface area (Å²) in [6, 6.07) is 16.6. The van der Waals surface area contributed by atoms with Crippen LogP contribution < -0.4 is 10.2 Å². The lowest BCUT2D eigenvalue weighted by atomic mass is 10.2. The molecule has 0 fully saturated rings. The van der Waals surface area contributed by atoms with Crippen molar-refractivity contribution in [3.63, 3.8) is 0 Å². The van der Waals surface area contributed by atoms with E-state index in [9.17, 15) is 0 Å². The Bertz CT molecular complexity index is 656. The van der Waals surface area contributed by atoms with Crippen LogP contribution in [-0.2, 0) is 6.54 Å². The molecule has 0 bridgehead atoms. The number of benzene rings is 2. The maximum Gasteiger partial charge on any atom is 0.173 e. The van der Waals surface area contributed by atoms with Crippen LogP contribution in [0.4, 0.5) is 11.4 Å². The van der Waals surface area contributed by atoms with Gasteiger partial charge in [-0.3, -0.25) is 0 Å². The molecular formula is C18H22BrN3S. The molecule has 0 unspecified atom stereocenters. The van der Waals surface area contributed by atoms with Crippen molar-refractivity contribution in [2.75, 3.05) is 30.9 Å². The molecule has 0 saturated carbocycles. The minimum atomic E-state index is 0.738. The van der Waals surface area contributed by atoms with Crippen molar-refractivity contribution < 1.29 is 0 Å². The molecule has 2 aromatic rings. The molecule has 1 N–H and O–H groups in total. The molecule has 0 radical (unpaired) electrons. The van der Waals surface area contributed by atoms with Crippen molar-refractivity contribution in [2.24, 2.45) is 0 Å². The first kappa shape index (κ1) is 17.8. The van der Waals surface area contributed by atoms with E-state index in [0.717, 1.165) is 28.4 Å². The predicted octanol–water partition coefficient (Wildman–Crippen LogP) is 4.73. The van der Waals surface area contributed by atoms with E-state index >= 15 is 0 Å². The minimum Gasteiger partial charge on any atom is -0.378 e. The zero-order valence-electron chi connectivity index (χ0n) is 13.7. The fourth-order valence-electron chi connectivity index (χ4n) is 2.22. The van der Waals surface area contributed by atoms with Gasteiger partial charge in [0.1, 0.15) is 0 Å². The Morgan fingerprint density at radius 1 is 1.13 bits per heavy atom. The summed E-state index contributed by atoms with van der Waals surface area (Å²) < 4.78 is 1.03. The number of nitrogens with zero attached hydrogens (tertiary/aromatic N) is 2. The van der Waals surface area contributed by atoms with Crippen LogP contribution in [0.3, 0.4) is 0 Å². The number of nitrogens with one attached hydrogen (secondary N) is 1. The summed E-state index contributed by atoms with van der Waals surface area (Å²) in [5.41, 5.74) is 3.44. The minimum absolute atomic E-state index is 0.738. The highest BCUT2D eigenvalue weighted by molar-refractivity contribution is 9.10. The number of rotatable bonds is 5. The largest absolute Gasteiger partial charge is 0.378 e. The highest BCUT2D eigenvalue weighted by atomic mass is 79.9. The van der Waals surface area contributed by atoms with Gasteiger partial charge in [-0.25, -0.2) is 0 Å². The Hall–Kier alpha value is -1.59. The summed E-state index contributed by atoms with van der Waals surface area (Å²) in [6.45, 7) is 3.77. The van der Waals surface area contributed by atoms with E-state index in [0.29, 0.717) is 0 Å². The number of hydrogen-bond acceptors (Lipinski definition) is 2. The molecule has 0 aliphatic rings. The van der Waals surface area contributed by atoms with E-state index in [1.165, 1.54) is 11.3 Å². The van der Waals surface area contributed by atoms with Crippen molar-refractivity contribution in [3.05, 3.63) is 58.6 Å². The lowest BCUT2D eigenvalue weighted by Gasteiger charge is -2.25. The Labute approximate surface area is 152 Å². The first-order valence-electron chi connectivity index (χ1n) is 7.57. The molecule has 5 heteroatoms. The SMILES string of the molecule is CCN(Cc1ccc(N(C)C)cc1)C(=S)Nc1cccc(Br)c1. The molecule has 2 rings (SSSR count). The van der Waals surface area contributed by atoms with Crippen LogP contribution in [0, 0.1) is 0 Å². The van der Waals surface area contributed by atoms with Gasteiger partial charge in [-0.05, 0) is 55.0 Å². The van der Waals surface area contributed by atoms with E-state index in [1.807, 2.05) is 38.4 Å². The van der Waals surface area contributed by atoms with Crippen molar-refractivity contribution >= 4 is 44.6 Å².